The molecule has 0 radical (unpaired) electrons. The van der Waals surface area contributed by atoms with Crippen LogP contribution in [-0.4, -0.2) is 94.9 Å². The van der Waals surface area contributed by atoms with E-state index in [-0.39, 0.29) is 22.7 Å². The van der Waals surface area contributed by atoms with Crippen LogP contribution in [0, 0.1) is 0 Å². The van der Waals surface area contributed by atoms with Gasteiger partial charge in [-0.2, -0.15) is 0 Å². The van der Waals surface area contributed by atoms with E-state index in [0.29, 0.717) is 45.8 Å². The van der Waals surface area contributed by atoms with Gasteiger partial charge in [0, 0.05) is 44.4 Å². The van der Waals surface area contributed by atoms with Gasteiger partial charge < -0.3 is 25.4 Å². The summed E-state index contributed by atoms with van der Waals surface area (Å²) in [5.74, 6) is 0.822. The maximum atomic E-state index is 12.4. The topological polar surface area (TPSA) is 108 Å². The van der Waals surface area contributed by atoms with Crippen LogP contribution in [0.1, 0.15) is 19.8 Å². The molecular formula is C16H28N4O4S. The van der Waals surface area contributed by atoms with Crippen LogP contribution in [-0.2, 0) is 14.3 Å². The van der Waals surface area contributed by atoms with Crippen LogP contribution in [0.15, 0.2) is 0 Å². The highest BCUT2D eigenvalue weighted by molar-refractivity contribution is 8.01. The lowest BCUT2D eigenvalue weighted by atomic mass is 10.1. The number of rotatable bonds is 4. The van der Waals surface area contributed by atoms with Crippen molar-refractivity contribution in [1.29, 1.82) is 0 Å². The fourth-order valence-electron chi connectivity index (χ4n) is 3.60. The van der Waals surface area contributed by atoms with E-state index < -0.39 is 12.1 Å². The molecule has 3 aliphatic rings. The first-order chi connectivity index (χ1) is 11.9. The summed E-state index contributed by atoms with van der Waals surface area (Å²) in [5, 5.41) is 13.1. The van der Waals surface area contributed by atoms with E-state index in [1.807, 2.05) is 4.90 Å². The van der Waals surface area contributed by atoms with Crippen LogP contribution in [0.4, 0.5) is 0 Å². The molecule has 3 aliphatic heterocycles. The highest BCUT2D eigenvalue weighted by Crippen LogP contribution is 2.39. The summed E-state index contributed by atoms with van der Waals surface area (Å²) in [5.41, 5.74) is 5.77. The minimum Gasteiger partial charge on any atom is -0.391 e. The molecule has 3 rings (SSSR count). The van der Waals surface area contributed by atoms with Gasteiger partial charge in [0.1, 0.15) is 6.04 Å². The zero-order valence-corrected chi connectivity index (χ0v) is 15.5. The Hall–Kier alpha value is -0.870. The van der Waals surface area contributed by atoms with Gasteiger partial charge in [0.25, 0.3) is 0 Å². The average molecular weight is 372 g/mol. The van der Waals surface area contributed by atoms with Gasteiger partial charge in [0.2, 0.25) is 11.8 Å². The number of thioether (sulfide) groups is 1. The van der Waals surface area contributed by atoms with Gasteiger partial charge in [0.15, 0.2) is 0 Å². The van der Waals surface area contributed by atoms with E-state index in [9.17, 15) is 14.7 Å². The van der Waals surface area contributed by atoms with Crippen molar-refractivity contribution in [3.63, 3.8) is 0 Å². The minimum atomic E-state index is -0.875. The Balaban J connectivity index is 1.50. The smallest absolute Gasteiger partial charge is 0.242 e. The third kappa shape index (κ3) is 4.28. The quantitative estimate of drug-likeness (QED) is 0.556. The summed E-state index contributed by atoms with van der Waals surface area (Å²) in [6, 6.07) is -0.749. The Morgan fingerprint density at radius 2 is 2.08 bits per heavy atom. The lowest BCUT2D eigenvalue weighted by molar-refractivity contribution is -0.136. The molecule has 0 aromatic carbocycles. The zero-order valence-electron chi connectivity index (χ0n) is 14.6. The number of aliphatic hydroxyl groups excluding tert-OH is 1. The van der Waals surface area contributed by atoms with Crippen LogP contribution < -0.4 is 11.1 Å². The maximum absolute atomic E-state index is 12.4. The second kappa shape index (κ2) is 7.79. The lowest BCUT2D eigenvalue weighted by Gasteiger charge is -2.29. The third-order valence-electron chi connectivity index (χ3n) is 5.16. The first-order valence-electron chi connectivity index (χ1n) is 8.90. The summed E-state index contributed by atoms with van der Waals surface area (Å²) in [6.07, 6.45) is 0.459. The van der Waals surface area contributed by atoms with Gasteiger partial charge in [0.05, 0.1) is 24.2 Å². The van der Waals surface area contributed by atoms with Gasteiger partial charge in [-0.1, -0.05) is 0 Å². The van der Waals surface area contributed by atoms with Gasteiger partial charge >= 0.3 is 0 Å². The van der Waals surface area contributed by atoms with Crippen LogP contribution in [0.5, 0.6) is 0 Å². The first-order valence-corrected chi connectivity index (χ1v) is 9.88. The fraction of sp³-hybridized carbons (Fsp3) is 0.875. The van der Waals surface area contributed by atoms with Crippen molar-refractivity contribution >= 4 is 23.6 Å². The Morgan fingerprint density at radius 1 is 1.36 bits per heavy atom. The van der Waals surface area contributed by atoms with Crippen molar-refractivity contribution in [2.45, 2.75) is 42.8 Å². The van der Waals surface area contributed by atoms with Crippen LogP contribution in [0.3, 0.4) is 0 Å². The van der Waals surface area contributed by atoms with Gasteiger partial charge in [-0.15, -0.1) is 11.8 Å². The number of carbonyl (C=O) groups is 2. The van der Waals surface area contributed by atoms with Crippen LogP contribution >= 0.6 is 11.8 Å². The molecule has 4 N–H and O–H groups in total. The molecule has 9 heteroatoms. The number of morpholine rings is 1. The van der Waals surface area contributed by atoms with Crippen LogP contribution in [0.25, 0.3) is 0 Å². The summed E-state index contributed by atoms with van der Waals surface area (Å²) in [6.45, 7) is 5.30. The van der Waals surface area contributed by atoms with Gasteiger partial charge in [-0.3, -0.25) is 14.9 Å². The summed E-state index contributed by atoms with van der Waals surface area (Å²) >= 11 is 1.79. The predicted octanol–water partition coefficient (Wildman–Crippen LogP) is -1.42. The predicted molar refractivity (Wildman–Crippen MR) is 95.0 cm³/mol. The molecule has 3 heterocycles. The number of likely N-dealkylation sites (tertiary alicyclic amines) is 1. The molecule has 0 aromatic rings. The van der Waals surface area contributed by atoms with E-state index in [4.69, 9.17) is 10.5 Å². The number of nitrogens with one attached hydrogen (secondary N) is 1. The molecule has 3 saturated heterocycles. The largest absolute Gasteiger partial charge is 0.391 e. The standard InChI is InChI=1S/C16H28N4O4S/c1-11(21)14(17)15(23)20-3-2-16(10-20)18-12(9-25-16)8-13(22)19-4-6-24-7-5-19/h11-12,14,18,21H,2-10,17H2,1H3/t11-,12-,14+,16?/m1/s1. The van der Waals surface area contributed by atoms with Crippen molar-refractivity contribution in [3.05, 3.63) is 0 Å². The maximum Gasteiger partial charge on any atom is 0.242 e. The highest BCUT2D eigenvalue weighted by Gasteiger charge is 2.47. The van der Waals surface area contributed by atoms with E-state index in [1.165, 1.54) is 6.92 Å². The molecule has 4 atom stereocenters. The van der Waals surface area contributed by atoms with Gasteiger partial charge in [-0.25, -0.2) is 0 Å². The minimum absolute atomic E-state index is 0.126. The Labute approximate surface area is 152 Å². The SMILES string of the molecule is C[C@@H](O)[C@H](N)C(=O)N1CCC2(C1)N[C@H](CC(=O)N1CCOCC1)CS2. The molecule has 2 amide bonds. The summed E-state index contributed by atoms with van der Waals surface area (Å²) in [7, 11) is 0. The van der Waals surface area contributed by atoms with Crippen LogP contribution in [0.2, 0.25) is 0 Å². The molecule has 0 bridgehead atoms. The van der Waals surface area contributed by atoms with Crippen molar-refractivity contribution < 1.29 is 19.4 Å². The van der Waals surface area contributed by atoms with Gasteiger partial charge in [-0.05, 0) is 13.3 Å². The number of hydrogen-bond donors (Lipinski definition) is 3. The molecule has 0 saturated carbocycles. The fourth-order valence-corrected chi connectivity index (χ4v) is 5.06. The number of aliphatic hydroxyl groups is 1. The molecule has 8 nitrogen and oxygen atoms in total. The molecule has 25 heavy (non-hydrogen) atoms. The monoisotopic (exact) mass is 372 g/mol. The van der Waals surface area contributed by atoms with Crippen molar-refractivity contribution in [2.24, 2.45) is 5.73 Å². The second-order valence-electron chi connectivity index (χ2n) is 7.12. The number of ether oxygens (including phenoxy) is 1. The van der Waals surface area contributed by atoms with E-state index in [0.717, 1.165) is 12.2 Å². The lowest BCUT2D eigenvalue weighted by Crippen LogP contribution is -2.51. The summed E-state index contributed by atoms with van der Waals surface area (Å²) in [4.78, 5) is 28.1. The number of nitrogens with two attached hydrogens (primary N) is 1. The average Bonchev–Trinajstić information content (AvgIpc) is 3.21. The number of nitrogens with zero attached hydrogens (tertiary/aromatic N) is 2. The molecule has 3 fully saturated rings. The van der Waals surface area contributed by atoms with E-state index >= 15 is 0 Å². The number of amides is 2. The first kappa shape index (κ1) is 18.9. The molecule has 0 aliphatic carbocycles. The Bertz CT molecular complexity index is 514. The number of carbonyl (C=O) groups excluding carboxylic acids is 2. The van der Waals surface area contributed by atoms with Crippen molar-refractivity contribution in [1.82, 2.24) is 15.1 Å². The molecule has 1 spiro atoms. The van der Waals surface area contributed by atoms with Crippen molar-refractivity contribution in [3.8, 4) is 0 Å². The molecule has 0 aromatic heterocycles. The summed E-state index contributed by atoms with van der Waals surface area (Å²) < 4.78 is 5.29. The molecular weight excluding hydrogens is 344 g/mol. The molecule has 1 unspecified atom stereocenters. The van der Waals surface area contributed by atoms with E-state index in [1.54, 1.807) is 16.7 Å². The Kier molecular flexibility index (Phi) is 5.89. The Morgan fingerprint density at radius 3 is 2.76 bits per heavy atom. The zero-order chi connectivity index (χ0) is 18.0. The van der Waals surface area contributed by atoms with Crippen molar-refractivity contribution in [2.75, 3.05) is 45.1 Å². The third-order valence-corrected chi connectivity index (χ3v) is 6.73. The normalized spacial score (nSPS) is 32.2. The van der Waals surface area contributed by atoms with E-state index in [2.05, 4.69) is 5.32 Å². The highest BCUT2D eigenvalue weighted by atomic mass is 32.2. The second-order valence-corrected chi connectivity index (χ2v) is 8.52. The number of hydrogen-bond acceptors (Lipinski definition) is 7. The molecule has 142 valence electrons.